The lowest BCUT2D eigenvalue weighted by atomic mass is 10.1. The van der Waals surface area contributed by atoms with Crippen LogP contribution in [0.5, 0.6) is 0 Å². The molecule has 1 aliphatic rings. The molecule has 0 radical (unpaired) electrons. The minimum Gasteiger partial charge on any atom is -0.342 e. The summed E-state index contributed by atoms with van der Waals surface area (Å²) in [6.07, 6.45) is 10.3. The van der Waals surface area contributed by atoms with Crippen LogP contribution in [0.3, 0.4) is 0 Å². The summed E-state index contributed by atoms with van der Waals surface area (Å²) >= 11 is 0. The zero-order valence-corrected chi connectivity index (χ0v) is 12.9. The molecule has 2 heterocycles. The Balaban J connectivity index is 1.63. The van der Waals surface area contributed by atoms with E-state index in [0.717, 1.165) is 37.2 Å². The quantitative estimate of drug-likeness (QED) is 0.872. The zero-order chi connectivity index (χ0) is 15.2. The van der Waals surface area contributed by atoms with Crippen molar-refractivity contribution in [3.05, 3.63) is 48.3 Å². The second-order valence-electron chi connectivity index (χ2n) is 5.95. The smallest absolute Gasteiger partial charge is 0.227 e. The number of nitrogens with zero attached hydrogens (tertiary/aromatic N) is 3. The van der Waals surface area contributed by atoms with Gasteiger partial charge in [0.05, 0.1) is 18.3 Å². The highest BCUT2D eigenvalue weighted by molar-refractivity contribution is 5.78. The van der Waals surface area contributed by atoms with E-state index in [1.165, 1.54) is 19.3 Å². The highest BCUT2D eigenvalue weighted by Crippen LogP contribution is 2.13. The van der Waals surface area contributed by atoms with Gasteiger partial charge in [-0.25, -0.2) is 4.68 Å². The number of rotatable bonds is 3. The third-order valence-electron chi connectivity index (χ3n) is 4.22. The molecule has 0 aliphatic carbocycles. The van der Waals surface area contributed by atoms with E-state index < -0.39 is 0 Å². The number of likely N-dealkylation sites (tertiary alicyclic amines) is 1. The molecule has 22 heavy (non-hydrogen) atoms. The molecule has 116 valence electrons. The van der Waals surface area contributed by atoms with Gasteiger partial charge in [0, 0.05) is 19.3 Å². The number of carbonyl (C=O) groups is 1. The van der Waals surface area contributed by atoms with Crippen LogP contribution in [0, 0.1) is 0 Å². The van der Waals surface area contributed by atoms with Crippen molar-refractivity contribution in [2.75, 3.05) is 13.1 Å². The topological polar surface area (TPSA) is 38.1 Å². The van der Waals surface area contributed by atoms with Crippen LogP contribution in [0.4, 0.5) is 0 Å². The fraction of sp³-hybridized carbons (Fsp3) is 0.444. The maximum Gasteiger partial charge on any atom is 0.227 e. The van der Waals surface area contributed by atoms with E-state index in [4.69, 9.17) is 0 Å². The molecule has 1 aliphatic heterocycles. The van der Waals surface area contributed by atoms with E-state index in [2.05, 4.69) is 5.10 Å². The van der Waals surface area contributed by atoms with Gasteiger partial charge in [-0.05, 0) is 30.5 Å². The van der Waals surface area contributed by atoms with Gasteiger partial charge in [-0.1, -0.05) is 37.5 Å². The predicted molar refractivity (Wildman–Crippen MR) is 86.9 cm³/mol. The van der Waals surface area contributed by atoms with Crippen LogP contribution in [0.25, 0.3) is 5.69 Å². The lowest BCUT2D eigenvalue weighted by molar-refractivity contribution is -0.130. The highest BCUT2D eigenvalue weighted by atomic mass is 16.2. The first-order valence-electron chi connectivity index (χ1n) is 8.20. The molecule has 0 saturated carbocycles. The fourth-order valence-electron chi connectivity index (χ4n) is 2.96. The van der Waals surface area contributed by atoms with Gasteiger partial charge in [-0.2, -0.15) is 5.10 Å². The van der Waals surface area contributed by atoms with Crippen LogP contribution in [0.1, 0.15) is 37.7 Å². The molecular formula is C18H23N3O. The predicted octanol–water partition coefficient (Wildman–Crippen LogP) is 3.21. The summed E-state index contributed by atoms with van der Waals surface area (Å²) in [5, 5.41) is 4.36. The number of hydrogen-bond donors (Lipinski definition) is 0. The summed E-state index contributed by atoms with van der Waals surface area (Å²) in [6.45, 7) is 1.82. The maximum absolute atomic E-state index is 12.5. The normalized spacial score (nSPS) is 16.1. The average molecular weight is 297 g/mol. The number of benzene rings is 1. The summed E-state index contributed by atoms with van der Waals surface area (Å²) in [5.74, 6) is 0.231. The monoisotopic (exact) mass is 297 g/mol. The van der Waals surface area contributed by atoms with Gasteiger partial charge in [0.25, 0.3) is 0 Å². The summed E-state index contributed by atoms with van der Waals surface area (Å²) in [5.41, 5.74) is 2.00. The highest BCUT2D eigenvalue weighted by Gasteiger charge is 2.16. The van der Waals surface area contributed by atoms with Gasteiger partial charge in [0.2, 0.25) is 5.91 Å². The summed E-state index contributed by atoms with van der Waals surface area (Å²) < 4.78 is 1.83. The number of hydrogen-bond acceptors (Lipinski definition) is 2. The molecule has 1 fully saturated rings. The largest absolute Gasteiger partial charge is 0.342 e. The van der Waals surface area contributed by atoms with Crippen LogP contribution >= 0.6 is 0 Å². The Hall–Kier alpha value is -2.10. The molecule has 0 atom stereocenters. The summed E-state index contributed by atoms with van der Waals surface area (Å²) in [6, 6.07) is 9.98. The molecule has 0 spiro atoms. The lowest BCUT2D eigenvalue weighted by Gasteiger charge is -2.24. The van der Waals surface area contributed by atoms with Gasteiger partial charge in [0.15, 0.2) is 0 Å². The maximum atomic E-state index is 12.5. The SMILES string of the molecule is O=C(Cc1cnn(-c2ccccc2)c1)N1CCCCCCC1. The second kappa shape index (κ2) is 7.25. The van der Waals surface area contributed by atoms with Gasteiger partial charge >= 0.3 is 0 Å². The Labute approximate surface area is 131 Å². The lowest BCUT2D eigenvalue weighted by Crippen LogP contribution is -2.34. The van der Waals surface area contributed by atoms with E-state index in [-0.39, 0.29) is 5.91 Å². The van der Waals surface area contributed by atoms with Crippen LogP contribution in [0.15, 0.2) is 42.7 Å². The molecule has 1 aromatic heterocycles. The first kappa shape index (κ1) is 14.8. The fourth-order valence-corrected chi connectivity index (χ4v) is 2.96. The Kier molecular flexibility index (Phi) is 4.88. The van der Waals surface area contributed by atoms with E-state index in [1.54, 1.807) is 6.20 Å². The Bertz CT molecular complexity index is 598. The molecule has 1 amide bonds. The van der Waals surface area contributed by atoms with Crippen molar-refractivity contribution in [3.63, 3.8) is 0 Å². The number of carbonyl (C=O) groups excluding carboxylic acids is 1. The van der Waals surface area contributed by atoms with Gasteiger partial charge < -0.3 is 4.90 Å². The number of amides is 1. The van der Waals surface area contributed by atoms with E-state index in [9.17, 15) is 4.79 Å². The summed E-state index contributed by atoms with van der Waals surface area (Å²) in [7, 11) is 0. The van der Waals surface area contributed by atoms with Gasteiger partial charge in [-0.3, -0.25) is 4.79 Å². The van der Waals surface area contributed by atoms with Crippen molar-refractivity contribution in [1.82, 2.24) is 14.7 Å². The van der Waals surface area contributed by atoms with Crippen molar-refractivity contribution in [3.8, 4) is 5.69 Å². The minimum absolute atomic E-state index is 0.231. The Morgan fingerprint density at radius 1 is 1.00 bits per heavy atom. The molecule has 3 rings (SSSR count). The molecule has 0 N–H and O–H groups in total. The summed E-state index contributed by atoms with van der Waals surface area (Å²) in [4.78, 5) is 14.5. The third kappa shape index (κ3) is 3.75. The van der Waals surface area contributed by atoms with Crippen molar-refractivity contribution < 1.29 is 4.79 Å². The first-order chi connectivity index (χ1) is 10.8. The van der Waals surface area contributed by atoms with Crippen LogP contribution in [-0.2, 0) is 11.2 Å². The molecule has 1 aromatic carbocycles. The van der Waals surface area contributed by atoms with Crippen molar-refractivity contribution in [1.29, 1.82) is 0 Å². The Morgan fingerprint density at radius 3 is 2.41 bits per heavy atom. The van der Waals surface area contributed by atoms with E-state index >= 15 is 0 Å². The second-order valence-corrected chi connectivity index (χ2v) is 5.95. The van der Waals surface area contributed by atoms with E-state index in [0.29, 0.717) is 6.42 Å². The zero-order valence-electron chi connectivity index (χ0n) is 12.9. The molecule has 4 nitrogen and oxygen atoms in total. The van der Waals surface area contributed by atoms with Crippen molar-refractivity contribution in [2.24, 2.45) is 0 Å². The molecule has 4 heteroatoms. The van der Waals surface area contributed by atoms with Crippen LogP contribution in [0.2, 0.25) is 0 Å². The average Bonchev–Trinajstić information content (AvgIpc) is 2.96. The van der Waals surface area contributed by atoms with Crippen LogP contribution in [-0.4, -0.2) is 33.7 Å². The molecule has 2 aromatic rings. The first-order valence-corrected chi connectivity index (χ1v) is 8.20. The number of aromatic nitrogens is 2. The third-order valence-corrected chi connectivity index (χ3v) is 4.22. The molecule has 0 unspecified atom stereocenters. The Morgan fingerprint density at radius 2 is 1.68 bits per heavy atom. The number of para-hydroxylation sites is 1. The molecular weight excluding hydrogens is 274 g/mol. The van der Waals surface area contributed by atoms with Crippen molar-refractivity contribution >= 4 is 5.91 Å². The van der Waals surface area contributed by atoms with Gasteiger partial charge in [0.1, 0.15) is 0 Å². The van der Waals surface area contributed by atoms with Crippen LogP contribution < -0.4 is 0 Å². The molecule has 1 saturated heterocycles. The van der Waals surface area contributed by atoms with Crippen molar-refractivity contribution in [2.45, 2.75) is 38.5 Å². The van der Waals surface area contributed by atoms with Gasteiger partial charge in [-0.15, -0.1) is 0 Å². The minimum atomic E-state index is 0.231. The van der Waals surface area contributed by atoms with E-state index in [1.807, 2.05) is 46.1 Å². The molecule has 0 bridgehead atoms. The standard InChI is InChI=1S/C18H23N3O/c22-18(20-11-7-2-1-3-8-12-20)13-16-14-19-21(15-16)17-9-5-4-6-10-17/h4-6,9-10,14-15H,1-3,7-8,11-13H2.